The van der Waals surface area contributed by atoms with Crippen molar-refractivity contribution in [2.45, 2.75) is 0 Å². The van der Waals surface area contributed by atoms with E-state index in [-0.39, 0.29) is 24.2 Å². The van der Waals surface area contributed by atoms with Gasteiger partial charge >= 0.3 is 0 Å². The minimum atomic E-state index is -0.192. The SMILES string of the molecule is [2H]c1c([2H])c([2H])c2cc3c(cc2c1[2H])[nH]c1ccccc13. The number of fused-ring (bicyclic) bond motifs is 4. The average molecular weight is 221 g/mol. The Kier molecular flexibility index (Phi) is 1.07. The fourth-order valence-corrected chi connectivity index (χ4v) is 2.30. The summed E-state index contributed by atoms with van der Waals surface area (Å²) in [7, 11) is 0. The van der Waals surface area contributed by atoms with Crippen molar-refractivity contribution in [3.05, 3.63) is 60.6 Å². The molecule has 0 amide bonds. The molecule has 0 saturated heterocycles. The molecule has 80 valence electrons. The lowest BCUT2D eigenvalue weighted by Crippen LogP contribution is -1.72. The minimum absolute atomic E-state index is 0.00607. The molecule has 1 heterocycles. The van der Waals surface area contributed by atoms with Crippen LogP contribution in [0.2, 0.25) is 0 Å². The smallest absolute Gasteiger partial charge is 0.0629 e. The van der Waals surface area contributed by atoms with Gasteiger partial charge in [0.2, 0.25) is 0 Å². The summed E-state index contributed by atoms with van der Waals surface area (Å²) in [5.41, 5.74) is 1.88. The normalized spacial score (nSPS) is 14.8. The van der Waals surface area contributed by atoms with Gasteiger partial charge in [-0.1, -0.05) is 42.4 Å². The van der Waals surface area contributed by atoms with E-state index in [1.165, 1.54) is 0 Å². The fourth-order valence-electron chi connectivity index (χ4n) is 2.30. The van der Waals surface area contributed by atoms with E-state index in [2.05, 4.69) is 4.98 Å². The molecule has 1 N–H and O–H groups in total. The Balaban J connectivity index is 2.28. The molecule has 17 heavy (non-hydrogen) atoms. The summed E-state index contributed by atoms with van der Waals surface area (Å²) < 4.78 is 31.7. The van der Waals surface area contributed by atoms with Crippen molar-refractivity contribution in [1.29, 1.82) is 0 Å². The van der Waals surface area contributed by atoms with Crippen molar-refractivity contribution in [3.8, 4) is 0 Å². The van der Waals surface area contributed by atoms with E-state index in [0.717, 1.165) is 21.8 Å². The molecule has 1 nitrogen and oxygen atoms in total. The number of H-pyrrole nitrogens is 1. The molecule has 1 heteroatoms. The predicted octanol–water partition coefficient (Wildman–Crippen LogP) is 4.47. The summed E-state index contributed by atoms with van der Waals surface area (Å²) in [4.78, 5) is 3.30. The van der Waals surface area contributed by atoms with Gasteiger partial charge in [0, 0.05) is 21.8 Å². The lowest BCUT2D eigenvalue weighted by Gasteiger charge is -1.97. The molecule has 0 aliphatic rings. The van der Waals surface area contributed by atoms with E-state index in [9.17, 15) is 0 Å². The van der Waals surface area contributed by atoms with E-state index in [1.54, 1.807) is 0 Å². The Labute approximate surface area is 104 Å². The summed E-state index contributed by atoms with van der Waals surface area (Å²) in [6, 6.07) is 11.2. The highest BCUT2D eigenvalue weighted by Gasteiger charge is 2.04. The molecule has 0 unspecified atom stereocenters. The van der Waals surface area contributed by atoms with Crippen LogP contribution in [0.5, 0.6) is 0 Å². The quantitative estimate of drug-likeness (QED) is 0.451. The molecule has 0 aliphatic heterocycles. The average Bonchev–Trinajstić information content (AvgIpc) is 2.87. The Morgan fingerprint density at radius 1 is 0.824 bits per heavy atom. The maximum atomic E-state index is 8.06. The molecule has 0 aliphatic carbocycles. The molecule has 4 aromatic rings. The highest BCUT2D eigenvalue weighted by atomic mass is 14.7. The molecule has 0 fully saturated rings. The lowest BCUT2D eigenvalue weighted by atomic mass is 10.1. The topological polar surface area (TPSA) is 15.8 Å². The zero-order valence-electron chi connectivity index (χ0n) is 13.0. The number of aromatic nitrogens is 1. The summed E-state index contributed by atoms with van der Waals surface area (Å²) in [6.45, 7) is 0. The van der Waals surface area contributed by atoms with E-state index >= 15 is 0 Å². The second kappa shape index (κ2) is 3.11. The maximum absolute atomic E-state index is 8.06. The second-order valence-corrected chi connectivity index (χ2v) is 4.11. The van der Waals surface area contributed by atoms with Crippen molar-refractivity contribution in [1.82, 2.24) is 4.98 Å². The maximum Gasteiger partial charge on any atom is 0.0629 e. The number of para-hydroxylation sites is 1. The summed E-state index contributed by atoms with van der Waals surface area (Å²) >= 11 is 0. The van der Waals surface area contributed by atoms with E-state index in [4.69, 9.17) is 5.48 Å². The standard InChI is InChI=1S/C16H11N/c1-2-6-12-10-16-14(9-11(12)5-1)13-7-3-4-8-15(13)17-16/h1-10,17H/i1D,2D,5D,6D. The Morgan fingerprint density at radius 3 is 2.47 bits per heavy atom. The minimum Gasteiger partial charge on any atom is -0.354 e. The second-order valence-electron chi connectivity index (χ2n) is 4.11. The molecule has 0 spiro atoms. The molecular weight excluding hydrogens is 206 g/mol. The Morgan fingerprint density at radius 2 is 1.59 bits per heavy atom. The first-order chi connectivity index (χ1) is 10.1. The van der Waals surface area contributed by atoms with E-state index in [1.807, 2.05) is 36.4 Å². The third-order valence-electron chi connectivity index (χ3n) is 3.10. The largest absolute Gasteiger partial charge is 0.354 e. The Bertz CT molecular complexity index is 1030. The van der Waals surface area contributed by atoms with Gasteiger partial charge in [-0.05, 0) is 29.0 Å². The molecule has 0 atom stereocenters. The van der Waals surface area contributed by atoms with Crippen LogP contribution in [0, 0.1) is 0 Å². The lowest BCUT2D eigenvalue weighted by molar-refractivity contribution is 1.55. The molecule has 0 saturated carbocycles. The van der Waals surface area contributed by atoms with Crippen LogP contribution in [-0.2, 0) is 0 Å². The molecular formula is C16H11N. The van der Waals surface area contributed by atoms with Gasteiger partial charge in [-0.3, -0.25) is 0 Å². The predicted molar refractivity (Wildman–Crippen MR) is 73.3 cm³/mol. The van der Waals surface area contributed by atoms with Gasteiger partial charge < -0.3 is 4.98 Å². The van der Waals surface area contributed by atoms with Crippen LogP contribution in [0.25, 0.3) is 32.6 Å². The zero-order valence-corrected chi connectivity index (χ0v) is 8.96. The van der Waals surface area contributed by atoms with Gasteiger partial charge in [0.05, 0.1) is 5.48 Å². The van der Waals surface area contributed by atoms with Crippen molar-refractivity contribution >= 4 is 32.6 Å². The fraction of sp³-hybridized carbons (Fsp3) is 0. The van der Waals surface area contributed by atoms with Crippen LogP contribution in [-0.4, -0.2) is 4.98 Å². The number of hydrogen-bond donors (Lipinski definition) is 1. The monoisotopic (exact) mass is 221 g/mol. The first-order valence-corrected chi connectivity index (χ1v) is 5.48. The number of benzene rings is 3. The van der Waals surface area contributed by atoms with Crippen LogP contribution < -0.4 is 0 Å². The van der Waals surface area contributed by atoms with Crippen molar-refractivity contribution in [3.63, 3.8) is 0 Å². The van der Waals surface area contributed by atoms with Crippen molar-refractivity contribution in [2.24, 2.45) is 0 Å². The first-order valence-electron chi connectivity index (χ1n) is 7.48. The Hall–Kier alpha value is -2.28. The number of hydrogen-bond acceptors (Lipinski definition) is 0. The molecule has 3 aromatic carbocycles. The van der Waals surface area contributed by atoms with Gasteiger partial charge in [-0.2, -0.15) is 0 Å². The van der Waals surface area contributed by atoms with Crippen molar-refractivity contribution < 1.29 is 5.48 Å². The molecule has 1 aromatic heterocycles. The third-order valence-corrected chi connectivity index (χ3v) is 3.10. The van der Waals surface area contributed by atoms with Crippen LogP contribution in [0.15, 0.2) is 60.6 Å². The number of aromatic amines is 1. The highest BCUT2D eigenvalue weighted by molar-refractivity contribution is 6.11. The highest BCUT2D eigenvalue weighted by Crippen LogP contribution is 2.28. The summed E-state index contributed by atoms with van der Waals surface area (Å²) in [5, 5.41) is 3.13. The number of nitrogens with one attached hydrogen (secondary N) is 1. The zero-order chi connectivity index (χ0) is 14.7. The van der Waals surface area contributed by atoms with Gasteiger partial charge in [0.15, 0.2) is 0 Å². The van der Waals surface area contributed by atoms with Gasteiger partial charge in [-0.25, -0.2) is 0 Å². The van der Waals surface area contributed by atoms with E-state index < -0.39 is 0 Å². The summed E-state index contributed by atoms with van der Waals surface area (Å²) in [6.07, 6.45) is 0. The van der Waals surface area contributed by atoms with Gasteiger partial charge in [0.1, 0.15) is 0 Å². The van der Waals surface area contributed by atoms with E-state index in [0.29, 0.717) is 10.8 Å². The van der Waals surface area contributed by atoms with Crippen LogP contribution in [0.1, 0.15) is 5.48 Å². The molecule has 4 rings (SSSR count). The van der Waals surface area contributed by atoms with Gasteiger partial charge in [0.25, 0.3) is 0 Å². The van der Waals surface area contributed by atoms with Crippen LogP contribution in [0.3, 0.4) is 0 Å². The van der Waals surface area contributed by atoms with Crippen molar-refractivity contribution in [2.75, 3.05) is 0 Å². The third kappa shape index (κ3) is 1.19. The summed E-state index contributed by atoms with van der Waals surface area (Å²) in [5.74, 6) is 0. The number of rotatable bonds is 0. The molecule has 0 radical (unpaired) electrons. The van der Waals surface area contributed by atoms with Crippen LogP contribution >= 0.6 is 0 Å². The first kappa shape index (κ1) is 5.87. The van der Waals surface area contributed by atoms with Gasteiger partial charge in [-0.15, -0.1) is 0 Å². The molecule has 0 bridgehead atoms. The van der Waals surface area contributed by atoms with Crippen LogP contribution in [0.4, 0.5) is 0 Å².